The number of esters is 1. The van der Waals surface area contributed by atoms with E-state index < -0.39 is 29.8 Å². The molecule has 1 rings (SSSR count). The van der Waals surface area contributed by atoms with Gasteiger partial charge < -0.3 is 14.8 Å². The maximum atomic E-state index is 11.5. The summed E-state index contributed by atoms with van der Waals surface area (Å²) in [6.45, 7) is 6.92. The zero-order valence-corrected chi connectivity index (χ0v) is 11.1. The fourth-order valence-corrected chi connectivity index (χ4v) is 1.57. The number of hydrogen-bond donors (Lipinski definition) is 1. The van der Waals surface area contributed by atoms with Gasteiger partial charge in [0.1, 0.15) is 23.9 Å². The van der Waals surface area contributed by atoms with Crippen LogP contribution in [0.5, 0.6) is 0 Å². The molecular formula is C12H19NO5. The normalized spacial score (nSPS) is 22.1. The minimum Gasteiger partial charge on any atom is -0.459 e. The Morgan fingerprint density at radius 1 is 1.44 bits per heavy atom. The van der Waals surface area contributed by atoms with E-state index in [0.717, 1.165) is 0 Å². The van der Waals surface area contributed by atoms with E-state index in [1.54, 1.807) is 27.7 Å². The summed E-state index contributed by atoms with van der Waals surface area (Å²) in [5.74, 6) is -0.719. The van der Waals surface area contributed by atoms with Crippen molar-refractivity contribution in [3.05, 3.63) is 0 Å². The number of nitrogens with one attached hydrogen (secondary N) is 1. The number of carbonyl (C=O) groups excluding carboxylic acids is 3. The minimum absolute atomic E-state index is 0.128. The van der Waals surface area contributed by atoms with Crippen LogP contribution in [0.15, 0.2) is 0 Å². The third-order valence-electron chi connectivity index (χ3n) is 2.36. The predicted molar refractivity (Wildman–Crippen MR) is 63.0 cm³/mol. The first-order valence-corrected chi connectivity index (χ1v) is 5.88. The van der Waals surface area contributed by atoms with Crippen LogP contribution in [-0.2, 0) is 19.1 Å². The number of hydrogen-bond acceptors (Lipinski definition) is 5. The maximum absolute atomic E-state index is 11.5. The molecule has 18 heavy (non-hydrogen) atoms. The number of amides is 1. The zero-order valence-electron chi connectivity index (χ0n) is 11.1. The van der Waals surface area contributed by atoms with Gasteiger partial charge >= 0.3 is 12.1 Å². The Balaban J connectivity index is 2.49. The van der Waals surface area contributed by atoms with Crippen molar-refractivity contribution in [2.24, 2.45) is 0 Å². The Morgan fingerprint density at radius 2 is 2.06 bits per heavy atom. The van der Waals surface area contributed by atoms with Crippen molar-refractivity contribution in [2.75, 3.05) is 0 Å². The highest BCUT2D eigenvalue weighted by molar-refractivity contribution is 5.97. The smallest absolute Gasteiger partial charge is 0.407 e. The molecule has 2 atom stereocenters. The highest BCUT2D eigenvalue weighted by atomic mass is 16.6. The van der Waals surface area contributed by atoms with Crippen LogP contribution in [-0.4, -0.2) is 35.6 Å². The fraction of sp³-hybridized carbons (Fsp3) is 0.750. The second-order valence-electron chi connectivity index (χ2n) is 5.38. The van der Waals surface area contributed by atoms with Crippen LogP contribution >= 0.6 is 0 Å². The molecule has 6 nitrogen and oxygen atoms in total. The average Bonchev–Trinajstić information content (AvgIpc) is 2.12. The van der Waals surface area contributed by atoms with E-state index in [1.807, 2.05) is 0 Å². The summed E-state index contributed by atoms with van der Waals surface area (Å²) in [5.41, 5.74) is -0.594. The van der Waals surface area contributed by atoms with Gasteiger partial charge in [0.15, 0.2) is 0 Å². The van der Waals surface area contributed by atoms with E-state index in [1.165, 1.54) is 0 Å². The SMILES string of the molecule is C[C@H](NC(=O)OC(C)(C)C)[C@H]1CC(=O)CC(=O)O1. The highest BCUT2D eigenvalue weighted by Crippen LogP contribution is 2.15. The molecule has 0 spiro atoms. The molecule has 0 saturated carbocycles. The molecule has 0 aromatic carbocycles. The van der Waals surface area contributed by atoms with Gasteiger partial charge in [-0.1, -0.05) is 0 Å². The Kier molecular flexibility index (Phi) is 4.32. The Bertz CT molecular complexity index is 342. The van der Waals surface area contributed by atoms with Crippen molar-refractivity contribution in [1.82, 2.24) is 5.32 Å². The van der Waals surface area contributed by atoms with E-state index in [9.17, 15) is 14.4 Å². The van der Waals surface area contributed by atoms with Gasteiger partial charge in [-0.25, -0.2) is 4.79 Å². The third kappa shape index (κ3) is 4.73. The number of alkyl carbamates (subject to hydrolysis) is 1. The van der Waals surface area contributed by atoms with Crippen molar-refractivity contribution in [3.63, 3.8) is 0 Å². The molecule has 1 aliphatic rings. The largest absolute Gasteiger partial charge is 0.459 e. The van der Waals surface area contributed by atoms with E-state index in [0.29, 0.717) is 0 Å². The van der Waals surface area contributed by atoms with Gasteiger partial charge in [0.2, 0.25) is 0 Å². The molecule has 0 aromatic rings. The minimum atomic E-state index is -0.619. The molecule has 1 saturated heterocycles. The number of Topliss-reactive ketones (excluding diaryl/α,β-unsaturated/α-hetero) is 1. The van der Waals surface area contributed by atoms with Gasteiger partial charge in [0.05, 0.1) is 6.04 Å². The van der Waals surface area contributed by atoms with Crippen molar-refractivity contribution in [1.29, 1.82) is 0 Å². The summed E-state index contributed by atoms with van der Waals surface area (Å²) in [7, 11) is 0. The van der Waals surface area contributed by atoms with E-state index >= 15 is 0 Å². The molecule has 1 fully saturated rings. The van der Waals surface area contributed by atoms with Crippen LogP contribution in [0.4, 0.5) is 4.79 Å². The van der Waals surface area contributed by atoms with Crippen LogP contribution in [0.3, 0.4) is 0 Å². The van der Waals surface area contributed by atoms with Crippen LogP contribution in [0, 0.1) is 0 Å². The lowest BCUT2D eigenvalue weighted by atomic mass is 10.0. The topological polar surface area (TPSA) is 81.7 Å². The number of ketones is 1. The molecule has 1 amide bonds. The summed E-state index contributed by atoms with van der Waals surface area (Å²) in [6.07, 6.45) is -1.27. The monoisotopic (exact) mass is 257 g/mol. The molecule has 0 aliphatic carbocycles. The second-order valence-corrected chi connectivity index (χ2v) is 5.38. The fourth-order valence-electron chi connectivity index (χ4n) is 1.57. The van der Waals surface area contributed by atoms with E-state index in [4.69, 9.17) is 9.47 Å². The molecule has 0 bridgehead atoms. The van der Waals surface area contributed by atoms with Crippen molar-refractivity contribution >= 4 is 17.8 Å². The number of cyclic esters (lactones) is 1. The van der Waals surface area contributed by atoms with Gasteiger partial charge in [-0.15, -0.1) is 0 Å². The third-order valence-corrected chi connectivity index (χ3v) is 2.36. The summed E-state index contributed by atoms with van der Waals surface area (Å²) >= 11 is 0. The second kappa shape index (κ2) is 5.37. The molecule has 1 N–H and O–H groups in total. The molecule has 6 heteroatoms. The Labute approximate surface area is 106 Å². The van der Waals surface area contributed by atoms with Gasteiger partial charge in [-0.05, 0) is 27.7 Å². The average molecular weight is 257 g/mol. The lowest BCUT2D eigenvalue weighted by Gasteiger charge is -2.28. The quantitative estimate of drug-likeness (QED) is 0.593. The first kappa shape index (κ1) is 14.5. The van der Waals surface area contributed by atoms with Gasteiger partial charge in [-0.3, -0.25) is 9.59 Å². The lowest BCUT2D eigenvalue weighted by Crippen LogP contribution is -2.47. The summed E-state index contributed by atoms with van der Waals surface area (Å²) < 4.78 is 10.1. The Morgan fingerprint density at radius 3 is 2.56 bits per heavy atom. The molecular weight excluding hydrogens is 238 g/mol. The first-order chi connectivity index (χ1) is 8.17. The van der Waals surface area contributed by atoms with Crippen molar-refractivity contribution in [2.45, 2.75) is 58.3 Å². The molecule has 0 unspecified atom stereocenters. The molecule has 0 radical (unpaired) electrons. The van der Waals surface area contributed by atoms with Gasteiger partial charge in [0.25, 0.3) is 0 Å². The molecule has 1 heterocycles. The number of rotatable bonds is 2. The van der Waals surface area contributed by atoms with E-state index in [-0.39, 0.29) is 18.6 Å². The van der Waals surface area contributed by atoms with Crippen LogP contribution in [0.25, 0.3) is 0 Å². The standard InChI is InChI=1S/C12H19NO5/c1-7(13-11(16)18-12(2,3)4)9-5-8(14)6-10(15)17-9/h7,9H,5-6H2,1-4H3,(H,13,16)/t7-,9+/m0/s1. The van der Waals surface area contributed by atoms with Crippen molar-refractivity contribution < 1.29 is 23.9 Å². The molecule has 0 aromatic heterocycles. The predicted octanol–water partition coefficient (Wildman–Crippen LogP) is 1.17. The molecule has 1 aliphatic heterocycles. The van der Waals surface area contributed by atoms with Crippen LogP contribution in [0.2, 0.25) is 0 Å². The summed E-state index contributed by atoms with van der Waals surface area (Å²) in [4.78, 5) is 33.9. The Hall–Kier alpha value is -1.59. The molecule has 102 valence electrons. The maximum Gasteiger partial charge on any atom is 0.407 e. The number of ether oxygens (including phenoxy) is 2. The number of carbonyl (C=O) groups is 3. The van der Waals surface area contributed by atoms with Crippen molar-refractivity contribution in [3.8, 4) is 0 Å². The first-order valence-electron chi connectivity index (χ1n) is 5.88. The summed E-state index contributed by atoms with van der Waals surface area (Å²) in [5, 5.41) is 2.56. The van der Waals surface area contributed by atoms with Crippen LogP contribution in [0.1, 0.15) is 40.5 Å². The van der Waals surface area contributed by atoms with Gasteiger partial charge in [-0.2, -0.15) is 0 Å². The lowest BCUT2D eigenvalue weighted by molar-refractivity contribution is -0.159. The van der Waals surface area contributed by atoms with Crippen LogP contribution < -0.4 is 5.32 Å². The van der Waals surface area contributed by atoms with E-state index in [2.05, 4.69) is 5.32 Å². The summed E-state index contributed by atoms with van der Waals surface area (Å²) in [6, 6.07) is -0.465. The zero-order chi connectivity index (χ0) is 13.9. The highest BCUT2D eigenvalue weighted by Gasteiger charge is 2.32. The van der Waals surface area contributed by atoms with Gasteiger partial charge in [0, 0.05) is 6.42 Å².